The van der Waals surface area contributed by atoms with Crippen LogP contribution in [-0.2, 0) is 0 Å². The van der Waals surface area contributed by atoms with Crippen LogP contribution in [0.2, 0.25) is 0 Å². The third-order valence-corrected chi connectivity index (χ3v) is 4.99. The monoisotopic (exact) mass is 345 g/mol. The van der Waals surface area contributed by atoms with Gasteiger partial charge in [-0.15, -0.1) is 0 Å². The summed E-state index contributed by atoms with van der Waals surface area (Å²) in [6.45, 7) is 4.23. The lowest BCUT2D eigenvalue weighted by atomic mass is 10.0. The number of hydroxylamine groups is 3. The Morgan fingerprint density at radius 1 is 0.583 bits per heavy atom. The van der Waals surface area contributed by atoms with Gasteiger partial charge in [-0.05, 0) is 6.42 Å². The third-order valence-electron chi connectivity index (χ3n) is 4.99. The highest BCUT2D eigenvalue weighted by molar-refractivity contribution is 4.57. The maximum absolute atomic E-state index is 11.2. The van der Waals surface area contributed by atoms with E-state index in [1.165, 1.54) is 77.0 Å². The van der Waals surface area contributed by atoms with Crippen molar-refractivity contribution < 1.29 is 15.4 Å². The molecule has 0 aliphatic heterocycles. The molecule has 0 aromatic rings. The Bertz CT molecular complexity index is 254. The van der Waals surface area contributed by atoms with Crippen LogP contribution < -0.4 is 0 Å². The Labute approximate surface area is 150 Å². The number of unbranched alkanes of at least 4 members (excludes halogenated alkanes) is 13. The van der Waals surface area contributed by atoms with E-state index in [-0.39, 0.29) is 0 Å². The molecule has 24 heavy (non-hydrogen) atoms. The summed E-state index contributed by atoms with van der Waals surface area (Å²) < 4.78 is 0. The molecular weight excluding hydrogens is 302 g/mol. The lowest BCUT2D eigenvalue weighted by Crippen LogP contribution is -2.44. The van der Waals surface area contributed by atoms with Gasteiger partial charge in [-0.3, -0.25) is 0 Å². The Morgan fingerprint density at radius 3 is 1.29 bits per heavy atom. The van der Waals surface area contributed by atoms with Crippen molar-refractivity contribution in [1.29, 1.82) is 0 Å². The molecule has 4 nitrogen and oxygen atoms in total. The summed E-state index contributed by atoms with van der Waals surface area (Å²) in [7, 11) is 0. The van der Waals surface area contributed by atoms with E-state index in [4.69, 9.17) is 10.4 Å². The van der Waals surface area contributed by atoms with Gasteiger partial charge in [-0.1, -0.05) is 109 Å². The van der Waals surface area contributed by atoms with Gasteiger partial charge in [0.15, 0.2) is 6.04 Å². The molecule has 0 fully saturated rings. The number of hydrogen-bond donors (Lipinski definition) is 2. The minimum Gasteiger partial charge on any atom is -0.564 e. The standard InChI is InChI=1S/C20H43NO3/c1-3-5-6-7-8-9-10-11-12-13-14-15-16-17-19-20(18-4-2)21(22,23)24/h20,22-23H,3-19H2,1-2H3. The Morgan fingerprint density at radius 2 is 0.958 bits per heavy atom. The molecule has 1 atom stereocenters. The van der Waals surface area contributed by atoms with Crippen molar-refractivity contribution in [3.63, 3.8) is 0 Å². The first kappa shape index (κ1) is 23.8. The second-order valence-corrected chi connectivity index (χ2v) is 7.42. The number of quaternary nitrogens is 1. The third kappa shape index (κ3) is 15.4. The highest BCUT2D eigenvalue weighted by Crippen LogP contribution is 2.19. The summed E-state index contributed by atoms with van der Waals surface area (Å²) in [4.78, 5) is -2.10. The molecular formula is C20H43NO3. The zero-order valence-corrected chi connectivity index (χ0v) is 16.3. The first-order valence-electron chi connectivity index (χ1n) is 10.6. The average molecular weight is 346 g/mol. The molecule has 1 unspecified atom stereocenters. The van der Waals surface area contributed by atoms with Crippen molar-refractivity contribution >= 4 is 0 Å². The predicted octanol–water partition coefficient (Wildman–Crippen LogP) is 7.12. The second kappa shape index (κ2) is 16.3. The van der Waals surface area contributed by atoms with E-state index >= 15 is 0 Å². The zero-order chi connectivity index (χ0) is 18.1. The molecule has 0 saturated carbocycles. The van der Waals surface area contributed by atoms with E-state index in [1.54, 1.807) is 0 Å². The van der Waals surface area contributed by atoms with E-state index in [9.17, 15) is 5.21 Å². The van der Waals surface area contributed by atoms with Crippen molar-refractivity contribution in [3.8, 4) is 0 Å². The Hall–Kier alpha value is -0.160. The normalized spacial score (nSPS) is 13.4. The van der Waals surface area contributed by atoms with E-state index < -0.39 is 11.0 Å². The first-order chi connectivity index (χ1) is 11.5. The summed E-state index contributed by atoms with van der Waals surface area (Å²) in [5.74, 6) is 0. The summed E-state index contributed by atoms with van der Waals surface area (Å²) in [5, 5.41) is 29.5. The van der Waals surface area contributed by atoms with E-state index in [0.717, 1.165) is 19.3 Å². The maximum atomic E-state index is 11.2. The fraction of sp³-hybridized carbons (Fsp3) is 1.00. The lowest BCUT2D eigenvalue weighted by Gasteiger charge is -2.32. The Kier molecular flexibility index (Phi) is 16.2. The van der Waals surface area contributed by atoms with Gasteiger partial charge in [0.25, 0.3) is 0 Å². The topological polar surface area (TPSA) is 63.5 Å². The van der Waals surface area contributed by atoms with Gasteiger partial charge in [-0.25, -0.2) is 0 Å². The predicted molar refractivity (Wildman–Crippen MR) is 101 cm³/mol. The van der Waals surface area contributed by atoms with Gasteiger partial charge in [0.2, 0.25) is 0 Å². The van der Waals surface area contributed by atoms with Crippen LogP contribution in [0.3, 0.4) is 0 Å². The molecule has 0 rings (SSSR count). The smallest absolute Gasteiger partial charge is 0.152 e. The fourth-order valence-corrected chi connectivity index (χ4v) is 3.39. The van der Waals surface area contributed by atoms with Gasteiger partial charge in [0.1, 0.15) is 0 Å². The summed E-state index contributed by atoms with van der Waals surface area (Å²) in [5.41, 5.74) is 0. The van der Waals surface area contributed by atoms with E-state index in [0.29, 0.717) is 12.8 Å². The second-order valence-electron chi connectivity index (χ2n) is 7.42. The molecule has 0 spiro atoms. The molecule has 0 bridgehead atoms. The number of hydrogen-bond acceptors (Lipinski definition) is 3. The summed E-state index contributed by atoms with van der Waals surface area (Å²) in [6, 6.07) is -0.577. The van der Waals surface area contributed by atoms with Crippen LogP contribution in [0.25, 0.3) is 0 Å². The minimum atomic E-state index is -2.10. The first-order valence-corrected chi connectivity index (χ1v) is 10.6. The number of nitrogens with zero attached hydrogens (tertiary/aromatic N) is 1. The van der Waals surface area contributed by atoms with Crippen LogP contribution in [0.5, 0.6) is 0 Å². The summed E-state index contributed by atoms with van der Waals surface area (Å²) >= 11 is 0. The molecule has 0 saturated heterocycles. The zero-order valence-electron chi connectivity index (χ0n) is 16.3. The summed E-state index contributed by atoms with van der Waals surface area (Å²) in [6.07, 6.45) is 20.3. The van der Waals surface area contributed by atoms with Gasteiger partial charge in [-0.2, -0.15) is 10.4 Å². The van der Waals surface area contributed by atoms with Crippen LogP contribution in [0, 0.1) is 5.21 Å². The molecule has 146 valence electrons. The van der Waals surface area contributed by atoms with Crippen LogP contribution in [-0.4, -0.2) is 21.4 Å². The van der Waals surface area contributed by atoms with Gasteiger partial charge >= 0.3 is 0 Å². The SMILES string of the molecule is CCCCCCCCCCCCCCCCC(CCC)[N+]([O-])(O)O. The fourth-order valence-electron chi connectivity index (χ4n) is 3.39. The van der Waals surface area contributed by atoms with Crippen LogP contribution in [0.1, 0.15) is 123 Å². The van der Waals surface area contributed by atoms with Crippen LogP contribution in [0.15, 0.2) is 0 Å². The van der Waals surface area contributed by atoms with E-state index in [2.05, 4.69) is 6.92 Å². The van der Waals surface area contributed by atoms with Crippen molar-refractivity contribution in [3.05, 3.63) is 5.21 Å². The van der Waals surface area contributed by atoms with E-state index in [1.807, 2.05) is 6.92 Å². The molecule has 0 aromatic heterocycles. The maximum Gasteiger partial charge on any atom is 0.152 e. The molecule has 0 aliphatic carbocycles. The Balaban J connectivity index is 3.30. The highest BCUT2D eigenvalue weighted by Gasteiger charge is 2.24. The molecule has 0 aromatic carbocycles. The minimum absolute atomic E-state index is 0.577. The molecule has 4 heteroatoms. The molecule has 2 N–H and O–H groups in total. The van der Waals surface area contributed by atoms with Crippen molar-refractivity contribution in [2.75, 3.05) is 0 Å². The van der Waals surface area contributed by atoms with Gasteiger partial charge in [0, 0.05) is 12.8 Å². The van der Waals surface area contributed by atoms with Crippen LogP contribution in [0.4, 0.5) is 0 Å². The quantitative estimate of drug-likeness (QED) is 0.158. The molecule has 0 radical (unpaired) electrons. The van der Waals surface area contributed by atoms with Crippen molar-refractivity contribution in [2.45, 2.75) is 129 Å². The molecule has 0 heterocycles. The van der Waals surface area contributed by atoms with Crippen molar-refractivity contribution in [1.82, 2.24) is 0 Å². The highest BCUT2D eigenvalue weighted by atomic mass is 17.1. The van der Waals surface area contributed by atoms with Crippen molar-refractivity contribution in [2.24, 2.45) is 0 Å². The average Bonchev–Trinajstić information content (AvgIpc) is 2.53. The lowest BCUT2D eigenvalue weighted by molar-refractivity contribution is -1.23. The largest absolute Gasteiger partial charge is 0.564 e. The van der Waals surface area contributed by atoms with Crippen LogP contribution >= 0.6 is 0 Å². The van der Waals surface area contributed by atoms with Gasteiger partial charge < -0.3 is 5.21 Å². The molecule has 0 amide bonds. The van der Waals surface area contributed by atoms with Gasteiger partial charge in [0.05, 0.1) is 0 Å². The number of rotatable bonds is 18. The molecule has 0 aliphatic rings.